The van der Waals surface area contributed by atoms with Crippen LogP contribution >= 0.6 is 0 Å². The fraction of sp³-hybridized carbons (Fsp3) is 0.580. The Labute approximate surface area is 405 Å². The zero-order valence-corrected chi connectivity index (χ0v) is 40.7. The van der Waals surface area contributed by atoms with E-state index in [-0.39, 0.29) is 48.5 Å². The van der Waals surface area contributed by atoms with Crippen molar-refractivity contribution in [3.63, 3.8) is 0 Å². The van der Waals surface area contributed by atoms with Crippen molar-refractivity contribution in [3.05, 3.63) is 82.9 Å². The lowest BCUT2D eigenvalue weighted by Gasteiger charge is -2.67. The molecule has 2 bridgehead atoms. The van der Waals surface area contributed by atoms with E-state index in [9.17, 15) is 44.1 Å². The van der Waals surface area contributed by atoms with Crippen LogP contribution in [0.15, 0.2) is 71.8 Å². The minimum Gasteiger partial charge on any atom is -0.462 e. The molecule has 2 aromatic carbocycles. The minimum atomic E-state index is -2.47. The number of fused-ring (bicyclic) bond motifs is 5. The van der Waals surface area contributed by atoms with Crippen molar-refractivity contribution in [2.24, 2.45) is 16.7 Å². The average molecular weight is 982 g/mol. The molecule has 70 heavy (non-hydrogen) atoms. The number of aliphatic hydroxyl groups excluding tert-OH is 2. The molecule has 4 N–H and O–H groups in total. The molecule has 2 unspecified atom stereocenters. The van der Waals surface area contributed by atoms with Gasteiger partial charge in [0, 0.05) is 32.3 Å². The molecule has 3 fully saturated rings. The average Bonchev–Trinajstić information content (AvgIpc) is 3.28. The summed E-state index contributed by atoms with van der Waals surface area (Å²) in [5, 5.41) is 40.7. The molecular weight excluding hydrogens is 919 g/mol. The number of carbonyl (C=O) groups excluding carboxylic acids is 7. The van der Waals surface area contributed by atoms with Gasteiger partial charge >= 0.3 is 35.9 Å². The zero-order chi connectivity index (χ0) is 51.6. The van der Waals surface area contributed by atoms with Gasteiger partial charge in [0.15, 0.2) is 11.4 Å². The second-order valence-electron chi connectivity index (χ2n) is 19.7. The predicted octanol–water partition coefficient (Wildman–Crippen LogP) is 3.02. The summed E-state index contributed by atoms with van der Waals surface area (Å²) in [5.74, 6) is -7.70. The molecule has 20 heteroatoms. The first-order valence-electron chi connectivity index (χ1n) is 22.9. The molecule has 2 aromatic rings. The minimum absolute atomic E-state index is 0.0325. The Morgan fingerprint density at radius 1 is 0.900 bits per heavy atom. The highest BCUT2D eigenvalue weighted by molar-refractivity contribution is 5.94. The van der Waals surface area contributed by atoms with Crippen molar-refractivity contribution < 1.29 is 91.5 Å². The van der Waals surface area contributed by atoms with Crippen molar-refractivity contribution in [2.45, 2.75) is 128 Å². The molecule has 2 saturated carbocycles. The van der Waals surface area contributed by atoms with Gasteiger partial charge in [0.2, 0.25) is 6.10 Å². The van der Waals surface area contributed by atoms with Crippen molar-refractivity contribution in [3.8, 4) is 0 Å². The standard InChI is InChI=1S/C50H63NO19/c1-27-31(66-44(59)39(67-35(55)25-63-24-34(54)64-21-20-62-9)37(29-16-12-10-13-17-29)51-45(60)70-46(3,4)5)23-50(61)42(68-43(58)30-18-14-11-15-19-30)40-48(8,41(57)38(56)36(27)47(50,6)7)32(53)22-33-49(40,26-65-33)69-28(2)52/h10-19,31-33,37-40,42,53,56,61H,20-26H2,1-9H3,(H,51,60)/t31-,32-,33+,37-,38+,39+,40?,42?,48+,49-,50+/m0/s1. The lowest BCUT2D eigenvalue weighted by Crippen LogP contribution is -2.81. The van der Waals surface area contributed by atoms with E-state index in [0.717, 1.165) is 6.92 Å². The summed E-state index contributed by atoms with van der Waals surface area (Å²) < 4.78 is 50.8. The molecule has 1 amide bonds. The molecule has 11 atom stereocenters. The first-order valence-corrected chi connectivity index (χ1v) is 22.9. The summed E-state index contributed by atoms with van der Waals surface area (Å²) >= 11 is 0. The number of ether oxygens (including phenoxy) is 9. The van der Waals surface area contributed by atoms with E-state index in [4.69, 9.17) is 42.6 Å². The summed E-state index contributed by atoms with van der Waals surface area (Å²) in [6.07, 6.45) is -12.2. The number of hydrogen-bond acceptors (Lipinski definition) is 19. The van der Waals surface area contributed by atoms with Gasteiger partial charge in [0.25, 0.3) is 0 Å². The number of esters is 5. The molecule has 382 valence electrons. The Balaban J connectivity index is 1.47. The Morgan fingerprint density at radius 2 is 1.53 bits per heavy atom. The Hall–Kier alpha value is -5.77. The summed E-state index contributed by atoms with van der Waals surface area (Å²) in [4.78, 5) is 96.8. The van der Waals surface area contributed by atoms with Crippen LogP contribution in [0, 0.1) is 16.7 Å². The zero-order valence-electron chi connectivity index (χ0n) is 40.7. The van der Waals surface area contributed by atoms with Crippen LogP contribution in [0.5, 0.6) is 0 Å². The third-order valence-electron chi connectivity index (χ3n) is 13.8. The Kier molecular flexibility index (Phi) is 16.0. The number of amides is 1. The normalized spacial score (nSPS) is 29.7. The highest BCUT2D eigenvalue weighted by Crippen LogP contribution is 2.64. The van der Waals surface area contributed by atoms with Gasteiger partial charge in [-0.25, -0.2) is 24.0 Å². The number of nitrogens with one attached hydrogen (secondary N) is 1. The molecule has 0 spiro atoms. The van der Waals surface area contributed by atoms with Crippen LogP contribution in [-0.2, 0) is 66.6 Å². The lowest BCUT2D eigenvalue weighted by atomic mass is 9.44. The number of rotatable bonds is 16. The lowest BCUT2D eigenvalue weighted by molar-refractivity contribution is -0.346. The summed E-state index contributed by atoms with van der Waals surface area (Å²) in [5.41, 5.74) is -8.95. The van der Waals surface area contributed by atoms with Crippen LogP contribution in [0.25, 0.3) is 0 Å². The van der Waals surface area contributed by atoms with Gasteiger partial charge < -0.3 is 63.3 Å². The van der Waals surface area contributed by atoms with Crippen molar-refractivity contribution in [1.82, 2.24) is 5.32 Å². The molecular formula is C50H63NO19. The second-order valence-corrected chi connectivity index (χ2v) is 19.7. The van der Waals surface area contributed by atoms with Crippen LogP contribution in [-0.4, -0.2) is 151 Å². The topological polar surface area (TPSA) is 275 Å². The van der Waals surface area contributed by atoms with E-state index in [0.29, 0.717) is 0 Å². The van der Waals surface area contributed by atoms with Crippen molar-refractivity contribution >= 4 is 41.7 Å². The van der Waals surface area contributed by atoms with Gasteiger partial charge in [-0.2, -0.15) is 0 Å². The Morgan fingerprint density at radius 3 is 2.11 bits per heavy atom. The second kappa shape index (κ2) is 20.9. The first kappa shape index (κ1) is 53.6. The van der Waals surface area contributed by atoms with Crippen LogP contribution in [0.4, 0.5) is 4.79 Å². The molecule has 0 radical (unpaired) electrons. The number of carbonyl (C=O) groups is 7. The number of Topliss-reactive ketones (excluding diaryl/α,β-unsaturated/α-hetero) is 1. The highest BCUT2D eigenvalue weighted by atomic mass is 16.6. The van der Waals surface area contributed by atoms with Crippen molar-refractivity contribution in [1.29, 1.82) is 0 Å². The van der Waals surface area contributed by atoms with E-state index in [1.165, 1.54) is 59.1 Å². The van der Waals surface area contributed by atoms with E-state index in [2.05, 4.69) is 5.32 Å². The summed E-state index contributed by atoms with van der Waals surface area (Å²) in [6, 6.07) is 14.1. The van der Waals surface area contributed by atoms with E-state index < -0.39 is 138 Å². The molecule has 1 aliphatic heterocycles. The molecule has 20 nitrogen and oxygen atoms in total. The maximum Gasteiger partial charge on any atom is 0.408 e. The molecule has 6 rings (SSSR count). The van der Waals surface area contributed by atoms with Gasteiger partial charge in [-0.05, 0) is 63.5 Å². The van der Waals surface area contributed by atoms with Gasteiger partial charge in [-0.3, -0.25) is 9.59 Å². The Bertz CT molecular complexity index is 2330. The quantitative estimate of drug-likeness (QED) is 0.0814. The predicted molar refractivity (Wildman–Crippen MR) is 241 cm³/mol. The number of methoxy groups -OCH3 is 1. The number of aliphatic hydroxyl groups is 3. The fourth-order valence-electron chi connectivity index (χ4n) is 10.3. The van der Waals surface area contributed by atoms with Crippen LogP contribution in [0.3, 0.4) is 0 Å². The van der Waals surface area contributed by atoms with E-state index >= 15 is 4.79 Å². The van der Waals surface area contributed by atoms with Crippen LogP contribution in [0.2, 0.25) is 0 Å². The van der Waals surface area contributed by atoms with E-state index in [1.807, 2.05) is 0 Å². The molecule has 1 heterocycles. The third-order valence-corrected chi connectivity index (χ3v) is 13.8. The van der Waals surface area contributed by atoms with Gasteiger partial charge in [-0.1, -0.05) is 62.4 Å². The number of ketones is 1. The first-order chi connectivity index (χ1) is 32.8. The number of hydrogen-bond donors (Lipinski definition) is 4. The summed E-state index contributed by atoms with van der Waals surface area (Å²) in [7, 11) is 1.41. The largest absolute Gasteiger partial charge is 0.462 e. The smallest absolute Gasteiger partial charge is 0.408 e. The highest BCUT2D eigenvalue weighted by Gasteiger charge is 2.78. The molecule has 3 aliphatic carbocycles. The maximum atomic E-state index is 15.2. The number of benzene rings is 2. The van der Waals surface area contributed by atoms with Crippen LogP contribution in [0.1, 0.15) is 90.2 Å². The molecule has 0 aromatic heterocycles. The fourth-order valence-corrected chi connectivity index (χ4v) is 10.3. The van der Waals surface area contributed by atoms with Gasteiger partial charge in [0.05, 0.1) is 36.2 Å². The molecule has 4 aliphatic rings. The van der Waals surface area contributed by atoms with Gasteiger partial charge in [0.1, 0.15) is 61.5 Å². The maximum absolute atomic E-state index is 15.2. The van der Waals surface area contributed by atoms with Gasteiger partial charge in [-0.15, -0.1) is 0 Å². The molecule has 1 saturated heterocycles. The van der Waals surface area contributed by atoms with E-state index in [1.54, 1.807) is 57.2 Å². The summed E-state index contributed by atoms with van der Waals surface area (Å²) in [6.45, 7) is 9.88. The number of alkyl carbamates (subject to hydrolysis) is 1. The third kappa shape index (κ3) is 10.5. The van der Waals surface area contributed by atoms with Crippen molar-refractivity contribution in [2.75, 3.05) is 40.1 Å². The van der Waals surface area contributed by atoms with Crippen LogP contribution < -0.4 is 5.32 Å². The SMILES string of the molecule is COCCOC(=O)COCC(=O)O[C@@H](C(=O)O[C@H]1C[C@@]2(O)C(OC(=O)c3ccccc3)C3[C@](C)(C(=O)[C@H](O)C(=C1C)C2(C)C)[C@@H](O)C[C@H]1OC[C@@]31OC(C)=O)[C@@H](NC(=O)OC(C)(C)C)c1ccccc1. The monoisotopic (exact) mass is 981 g/mol.